The predicted octanol–water partition coefficient (Wildman–Crippen LogP) is 1.99. The molecule has 2 aliphatic carbocycles. The van der Waals surface area contributed by atoms with Crippen LogP contribution in [0, 0.1) is 17.8 Å². The van der Waals surface area contributed by atoms with Crippen molar-refractivity contribution in [3.8, 4) is 0 Å². The first-order valence-corrected chi connectivity index (χ1v) is 6.90. The summed E-state index contributed by atoms with van der Waals surface area (Å²) in [4.78, 5) is 0. The monoisotopic (exact) mass is 234 g/mol. The van der Waals surface area contributed by atoms with Crippen molar-refractivity contribution in [2.45, 2.75) is 45.2 Å². The molecule has 2 aliphatic rings. The summed E-state index contributed by atoms with van der Waals surface area (Å²) in [5.41, 5.74) is 1.28. The molecule has 0 amide bonds. The van der Waals surface area contributed by atoms with Crippen molar-refractivity contribution in [1.29, 1.82) is 0 Å². The van der Waals surface area contributed by atoms with Gasteiger partial charge in [0.15, 0.2) is 0 Å². The normalized spacial score (nSPS) is 22.1. The third kappa shape index (κ3) is 2.10. The van der Waals surface area contributed by atoms with Crippen molar-refractivity contribution >= 4 is 0 Å². The minimum atomic E-state index is 0.449. The summed E-state index contributed by atoms with van der Waals surface area (Å²) in [6, 6.07) is 0.449. The zero-order chi connectivity index (χ0) is 11.8. The van der Waals surface area contributed by atoms with E-state index in [9.17, 15) is 0 Å². The Morgan fingerprint density at radius 2 is 2.00 bits per heavy atom. The van der Waals surface area contributed by atoms with Crippen LogP contribution >= 0.6 is 0 Å². The van der Waals surface area contributed by atoms with Crippen molar-refractivity contribution in [1.82, 2.24) is 20.3 Å². The number of nitrogens with zero attached hydrogens (tertiary/aromatic N) is 3. The molecule has 0 saturated heterocycles. The topological polar surface area (TPSA) is 42.7 Å². The van der Waals surface area contributed by atoms with Crippen LogP contribution in [-0.2, 0) is 6.54 Å². The minimum Gasteiger partial charge on any atom is -0.311 e. The summed E-state index contributed by atoms with van der Waals surface area (Å²) in [5, 5.41) is 11.8. The van der Waals surface area contributed by atoms with Gasteiger partial charge in [0.05, 0.1) is 17.9 Å². The second-order valence-electron chi connectivity index (χ2n) is 5.49. The molecule has 1 N–H and O–H groups in total. The lowest BCUT2D eigenvalue weighted by Crippen LogP contribution is -2.30. The molecule has 1 atom stereocenters. The van der Waals surface area contributed by atoms with Crippen molar-refractivity contribution in [3.63, 3.8) is 0 Å². The summed E-state index contributed by atoms with van der Waals surface area (Å²) in [7, 11) is 2.08. The molecule has 0 spiro atoms. The van der Waals surface area contributed by atoms with Crippen molar-refractivity contribution < 1.29 is 0 Å². The second kappa shape index (κ2) is 4.41. The van der Waals surface area contributed by atoms with Gasteiger partial charge in [-0.05, 0) is 57.4 Å². The molecule has 2 saturated carbocycles. The Bertz CT molecular complexity index is 367. The molecular weight excluding hydrogens is 212 g/mol. The van der Waals surface area contributed by atoms with Gasteiger partial charge in [-0.1, -0.05) is 5.21 Å². The number of nitrogens with one attached hydrogen (secondary N) is 1. The second-order valence-corrected chi connectivity index (χ2v) is 5.49. The summed E-state index contributed by atoms with van der Waals surface area (Å²) in [6.45, 7) is 3.05. The van der Waals surface area contributed by atoms with Crippen LogP contribution in [0.3, 0.4) is 0 Å². The average molecular weight is 234 g/mol. The molecule has 1 unspecified atom stereocenters. The van der Waals surface area contributed by atoms with Gasteiger partial charge in [-0.2, -0.15) is 0 Å². The SMILES string of the molecule is CCn1nncc1C(NC)C(C1CC1)C1CC1. The maximum absolute atomic E-state index is 4.17. The lowest BCUT2D eigenvalue weighted by atomic mass is 9.87. The summed E-state index contributed by atoms with van der Waals surface area (Å²) in [6.07, 6.45) is 7.64. The Kier molecular flexibility index (Phi) is 2.90. The number of rotatable bonds is 6. The highest BCUT2D eigenvalue weighted by molar-refractivity contribution is 5.09. The largest absolute Gasteiger partial charge is 0.311 e. The fraction of sp³-hybridized carbons (Fsp3) is 0.846. The van der Waals surface area contributed by atoms with E-state index in [0.717, 1.165) is 24.3 Å². The predicted molar refractivity (Wildman–Crippen MR) is 66.4 cm³/mol. The number of hydrogen-bond donors (Lipinski definition) is 1. The van der Waals surface area contributed by atoms with E-state index in [2.05, 4.69) is 29.6 Å². The third-order valence-corrected chi connectivity index (χ3v) is 4.29. The highest BCUT2D eigenvalue weighted by Gasteiger charge is 2.46. The molecule has 1 heterocycles. The molecule has 4 nitrogen and oxygen atoms in total. The number of hydrogen-bond acceptors (Lipinski definition) is 3. The molecule has 17 heavy (non-hydrogen) atoms. The van der Waals surface area contributed by atoms with E-state index in [4.69, 9.17) is 0 Å². The molecule has 0 bridgehead atoms. The Balaban J connectivity index is 1.85. The summed E-state index contributed by atoms with van der Waals surface area (Å²) in [5.74, 6) is 2.70. The average Bonchev–Trinajstić information content (AvgIpc) is 3.26. The van der Waals surface area contributed by atoms with Gasteiger partial charge in [-0.3, -0.25) is 0 Å². The first-order chi connectivity index (χ1) is 8.35. The van der Waals surface area contributed by atoms with E-state index < -0.39 is 0 Å². The molecule has 4 heteroatoms. The summed E-state index contributed by atoms with van der Waals surface area (Å²) >= 11 is 0. The maximum Gasteiger partial charge on any atom is 0.0759 e. The van der Waals surface area contributed by atoms with E-state index >= 15 is 0 Å². The van der Waals surface area contributed by atoms with E-state index in [-0.39, 0.29) is 0 Å². The first kappa shape index (κ1) is 11.2. The molecule has 94 valence electrons. The molecule has 0 aromatic carbocycles. The van der Waals surface area contributed by atoms with Crippen LogP contribution in [0.5, 0.6) is 0 Å². The van der Waals surface area contributed by atoms with Crippen LogP contribution in [-0.4, -0.2) is 22.0 Å². The highest BCUT2D eigenvalue weighted by Crippen LogP contribution is 2.53. The Hall–Kier alpha value is -0.900. The summed E-state index contributed by atoms with van der Waals surface area (Å²) < 4.78 is 2.04. The standard InChI is InChI=1S/C13H22N4/c1-3-17-11(8-15-16-17)13(14-2)12(9-4-5-9)10-6-7-10/h8-10,12-14H,3-7H2,1-2H3. The van der Waals surface area contributed by atoms with Gasteiger partial charge in [-0.15, -0.1) is 5.10 Å². The first-order valence-electron chi connectivity index (χ1n) is 6.90. The zero-order valence-corrected chi connectivity index (χ0v) is 10.8. The Morgan fingerprint density at radius 3 is 2.47 bits per heavy atom. The van der Waals surface area contributed by atoms with E-state index in [1.165, 1.54) is 31.4 Å². The van der Waals surface area contributed by atoms with Gasteiger partial charge in [0.25, 0.3) is 0 Å². The third-order valence-electron chi connectivity index (χ3n) is 4.29. The fourth-order valence-corrected chi connectivity index (χ4v) is 3.18. The minimum absolute atomic E-state index is 0.449. The van der Waals surface area contributed by atoms with Gasteiger partial charge in [0.1, 0.15) is 0 Å². The molecule has 0 aliphatic heterocycles. The van der Waals surface area contributed by atoms with E-state index in [1.807, 2.05) is 10.9 Å². The molecule has 1 aromatic heterocycles. The highest BCUT2D eigenvalue weighted by atomic mass is 15.4. The van der Waals surface area contributed by atoms with Crippen molar-refractivity contribution in [2.75, 3.05) is 7.05 Å². The number of aryl methyl sites for hydroxylation is 1. The molecule has 2 fully saturated rings. The van der Waals surface area contributed by atoms with E-state index in [1.54, 1.807) is 0 Å². The van der Waals surface area contributed by atoms with Gasteiger partial charge in [-0.25, -0.2) is 4.68 Å². The van der Waals surface area contributed by atoms with Gasteiger partial charge in [0, 0.05) is 6.54 Å². The molecule has 1 aromatic rings. The smallest absolute Gasteiger partial charge is 0.0759 e. The number of aromatic nitrogens is 3. The Labute approximate surface area is 103 Å². The molecule has 3 rings (SSSR count). The van der Waals surface area contributed by atoms with Crippen molar-refractivity contribution in [2.24, 2.45) is 17.8 Å². The quantitative estimate of drug-likeness (QED) is 0.818. The molecule has 0 radical (unpaired) electrons. The van der Waals surface area contributed by atoms with Crippen molar-refractivity contribution in [3.05, 3.63) is 11.9 Å². The Morgan fingerprint density at radius 1 is 1.35 bits per heavy atom. The lowest BCUT2D eigenvalue weighted by Gasteiger charge is -2.27. The van der Waals surface area contributed by atoms with Crippen LogP contribution in [0.2, 0.25) is 0 Å². The van der Waals surface area contributed by atoms with Crippen LogP contribution in [0.4, 0.5) is 0 Å². The zero-order valence-electron chi connectivity index (χ0n) is 10.8. The van der Waals surface area contributed by atoms with Gasteiger partial charge < -0.3 is 5.32 Å². The van der Waals surface area contributed by atoms with Crippen LogP contribution in [0.1, 0.15) is 44.3 Å². The van der Waals surface area contributed by atoms with Gasteiger partial charge >= 0.3 is 0 Å². The molecular formula is C13H22N4. The van der Waals surface area contributed by atoms with Crippen LogP contribution in [0.15, 0.2) is 6.20 Å². The van der Waals surface area contributed by atoms with E-state index in [0.29, 0.717) is 6.04 Å². The lowest BCUT2D eigenvalue weighted by molar-refractivity contribution is 0.286. The maximum atomic E-state index is 4.17. The van der Waals surface area contributed by atoms with Crippen LogP contribution in [0.25, 0.3) is 0 Å². The van der Waals surface area contributed by atoms with Crippen LogP contribution < -0.4 is 5.32 Å². The van der Waals surface area contributed by atoms with Gasteiger partial charge in [0.2, 0.25) is 0 Å². The fourth-order valence-electron chi connectivity index (χ4n) is 3.18.